The van der Waals surface area contributed by atoms with Crippen molar-refractivity contribution in [3.63, 3.8) is 0 Å². The molecule has 0 aliphatic heterocycles. The first kappa shape index (κ1) is 17.4. The first-order valence-corrected chi connectivity index (χ1v) is 8.50. The van der Waals surface area contributed by atoms with Crippen LogP contribution >= 0.6 is 0 Å². The van der Waals surface area contributed by atoms with Crippen molar-refractivity contribution in [1.82, 2.24) is 30.3 Å². The molecule has 2 aromatic heterocycles. The lowest BCUT2D eigenvalue weighted by Gasteiger charge is -2.04. The van der Waals surface area contributed by atoms with Crippen molar-refractivity contribution in [1.29, 1.82) is 0 Å². The van der Waals surface area contributed by atoms with Gasteiger partial charge in [-0.15, -0.1) is 23.4 Å². The molecule has 0 bridgehead atoms. The van der Waals surface area contributed by atoms with E-state index in [9.17, 15) is 4.79 Å². The molecule has 4 rings (SSSR count). The number of hydrogen-bond acceptors (Lipinski definition) is 7. The van der Waals surface area contributed by atoms with Crippen molar-refractivity contribution in [2.24, 2.45) is 0 Å². The normalized spacial score (nSPS) is 10.9. The number of aromatic nitrogens is 6. The molecule has 28 heavy (non-hydrogen) atoms. The fraction of sp³-hybridized carbons (Fsp3) is 0.105. The zero-order chi connectivity index (χ0) is 19.5. The lowest BCUT2D eigenvalue weighted by Crippen LogP contribution is -2.30. The Morgan fingerprint density at radius 2 is 1.32 bits per heavy atom. The molecule has 0 saturated carbocycles. The van der Waals surface area contributed by atoms with Crippen LogP contribution in [0.5, 0.6) is 0 Å². The summed E-state index contributed by atoms with van der Waals surface area (Å²) in [4.78, 5) is 24.5. The van der Waals surface area contributed by atoms with Crippen LogP contribution in [-0.2, 0) is 12.8 Å². The number of benzene rings is 2. The number of hydrogen-bond donors (Lipinski definition) is 0. The molecule has 0 atom stereocenters. The van der Waals surface area contributed by atoms with Gasteiger partial charge in [-0.05, 0) is 46.5 Å². The predicted octanol–water partition coefficient (Wildman–Crippen LogP) is 2.31. The van der Waals surface area contributed by atoms with Crippen molar-refractivity contribution in [2.45, 2.75) is 12.8 Å². The second-order valence-electron chi connectivity index (χ2n) is 5.91. The average Bonchev–Trinajstić information content (AvgIpc) is 3.28. The Kier molecular flexibility index (Phi) is 4.55. The molecule has 0 unspecified atom stereocenters. The first-order valence-electron chi connectivity index (χ1n) is 8.50. The van der Waals surface area contributed by atoms with Gasteiger partial charge in [0.05, 0.1) is 0 Å². The maximum absolute atomic E-state index is 12.2. The predicted molar refractivity (Wildman–Crippen MR) is 101 cm³/mol. The summed E-state index contributed by atoms with van der Waals surface area (Å²) < 4.78 is 0. The van der Waals surface area contributed by atoms with E-state index in [0.29, 0.717) is 34.9 Å². The van der Waals surface area contributed by atoms with Crippen LogP contribution in [0.25, 0.3) is 22.1 Å². The summed E-state index contributed by atoms with van der Waals surface area (Å²) in [7, 11) is 0. The molecule has 2 heterocycles. The van der Waals surface area contributed by atoms with Gasteiger partial charge in [0.25, 0.3) is 0 Å². The second-order valence-corrected chi connectivity index (χ2v) is 5.91. The highest BCUT2D eigenvalue weighted by molar-refractivity contribution is 5.79. The minimum Gasteiger partial charge on any atom is -0.280 e. The van der Waals surface area contributed by atoms with Crippen LogP contribution in [0.15, 0.2) is 61.7 Å². The molecular formula is C19H16N6O3. The Bertz CT molecular complexity index is 1100. The van der Waals surface area contributed by atoms with Crippen LogP contribution in [0, 0.1) is 0 Å². The van der Waals surface area contributed by atoms with Crippen LogP contribution in [0.3, 0.4) is 0 Å². The smallest absolute Gasteiger partial charge is 0.280 e. The topological polar surface area (TPSA) is 96.9 Å². The van der Waals surface area contributed by atoms with Gasteiger partial charge in [0.2, 0.25) is 0 Å². The standard InChI is InChI=1S/C19H16N6O3/c1-3-7-13-9-5-11-15-17(13)20-22-24(15)27-19(26)28-25-16-12-6-10-14(8-4-2)18(16)21-23-25/h3-6,9-12H,1-2,7-8H2. The van der Waals surface area contributed by atoms with Gasteiger partial charge in [0.1, 0.15) is 22.1 Å². The third-order valence-corrected chi connectivity index (χ3v) is 4.11. The fourth-order valence-corrected chi connectivity index (χ4v) is 2.90. The molecule has 0 N–H and O–H groups in total. The molecule has 4 aromatic rings. The van der Waals surface area contributed by atoms with Crippen LogP contribution in [0.2, 0.25) is 0 Å². The monoisotopic (exact) mass is 376 g/mol. The number of nitrogens with zero attached hydrogens (tertiary/aromatic N) is 6. The summed E-state index contributed by atoms with van der Waals surface area (Å²) >= 11 is 0. The Hall–Kier alpha value is -4.01. The second kappa shape index (κ2) is 7.31. The number of allylic oxidation sites excluding steroid dienone is 2. The van der Waals surface area contributed by atoms with Crippen molar-refractivity contribution in [3.8, 4) is 0 Å². The number of fused-ring (bicyclic) bond motifs is 2. The van der Waals surface area contributed by atoms with Crippen LogP contribution in [-0.4, -0.2) is 36.5 Å². The summed E-state index contributed by atoms with van der Waals surface area (Å²) in [5.74, 6) is 0. The third-order valence-electron chi connectivity index (χ3n) is 4.11. The van der Waals surface area contributed by atoms with E-state index < -0.39 is 6.16 Å². The summed E-state index contributed by atoms with van der Waals surface area (Å²) in [6.45, 7) is 7.44. The van der Waals surface area contributed by atoms with E-state index in [1.54, 1.807) is 24.3 Å². The summed E-state index contributed by atoms with van der Waals surface area (Å²) in [5, 5.41) is 15.8. The molecule has 0 amide bonds. The number of carbonyl (C=O) groups is 1. The third kappa shape index (κ3) is 3.09. The molecule has 0 radical (unpaired) electrons. The molecule has 2 aromatic carbocycles. The molecule has 140 valence electrons. The lowest BCUT2D eigenvalue weighted by molar-refractivity contribution is 0.0262. The Morgan fingerprint density at radius 1 is 0.857 bits per heavy atom. The highest BCUT2D eigenvalue weighted by Gasteiger charge is 2.17. The van der Waals surface area contributed by atoms with E-state index in [-0.39, 0.29) is 0 Å². The van der Waals surface area contributed by atoms with Gasteiger partial charge in [0, 0.05) is 0 Å². The van der Waals surface area contributed by atoms with Gasteiger partial charge in [-0.2, -0.15) is 4.79 Å². The van der Waals surface area contributed by atoms with E-state index in [0.717, 1.165) is 20.8 Å². The maximum Gasteiger partial charge on any atom is 0.562 e. The number of carbonyl (C=O) groups excluding carboxylic acids is 1. The summed E-state index contributed by atoms with van der Waals surface area (Å²) in [6.07, 6.45) is 3.75. The SMILES string of the molecule is C=CCc1cccc2c1nnn2OC(=O)On1nnc2c(CC=C)cccc21. The quantitative estimate of drug-likeness (QED) is 0.376. The van der Waals surface area contributed by atoms with Crippen molar-refractivity contribution in [2.75, 3.05) is 0 Å². The van der Waals surface area contributed by atoms with Gasteiger partial charge >= 0.3 is 6.16 Å². The van der Waals surface area contributed by atoms with E-state index in [1.807, 2.05) is 24.3 Å². The zero-order valence-corrected chi connectivity index (χ0v) is 14.9. The van der Waals surface area contributed by atoms with E-state index >= 15 is 0 Å². The highest BCUT2D eigenvalue weighted by atomic mass is 16.9. The lowest BCUT2D eigenvalue weighted by atomic mass is 10.1. The molecule has 9 nitrogen and oxygen atoms in total. The van der Waals surface area contributed by atoms with Gasteiger partial charge in [-0.1, -0.05) is 46.1 Å². The first-order chi connectivity index (χ1) is 13.7. The minimum absolute atomic E-state index is 0.535. The van der Waals surface area contributed by atoms with Crippen molar-refractivity contribution < 1.29 is 14.5 Å². The highest BCUT2D eigenvalue weighted by Crippen LogP contribution is 2.17. The Balaban J connectivity index is 1.57. The van der Waals surface area contributed by atoms with Crippen LogP contribution in [0.1, 0.15) is 11.1 Å². The average molecular weight is 376 g/mol. The molecule has 9 heteroatoms. The van der Waals surface area contributed by atoms with E-state index in [1.165, 1.54) is 0 Å². The van der Waals surface area contributed by atoms with Gasteiger partial charge < -0.3 is 0 Å². The Morgan fingerprint density at radius 3 is 1.75 bits per heavy atom. The fourth-order valence-electron chi connectivity index (χ4n) is 2.90. The summed E-state index contributed by atoms with van der Waals surface area (Å²) in [5.41, 5.74) is 4.16. The minimum atomic E-state index is -1.03. The van der Waals surface area contributed by atoms with E-state index in [4.69, 9.17) is 9.68 Å². The van der Waals surface area contributed by atoms with Crippen LogP contribution in [0.4, 0.5) is 4.79 Å². The molecule has 0 spiro atoms. The van der Waals surface area contributed by atoms with Crippen molar-refractivity contribution >= 4 is 28.2 Å². The molecule has 0 aliphatic carbocycles. The molecule has 0 fully saturated rings. The van der Waals surface area contributed by atoms with Gasteiger partial charge in [0.15, 0.2) is 0 Å². The molecular weight excluding hydrogens is 360 g/mol. The van der Waals surface area contributed by atoms with Crippen LogP contribution < -0.4 is 9.68 Å². The van der Waals surface area contributed by atoms with Crippen molar-refractivity contribution in [3.05, 3.63) is 72.8 Å². The van der Waals surface area contributed by atoms with Gasteiger partial charge in [-0.25, -0.2) is 0 Å². The largest absolute Gasteiger partial charge is 0.562 e. The zero-order valence-electron chi connectivity index (χ0n) is 14.9. The van der Waals surface area contributed by atoms with E-state index in [2.05, 4.69) is 33.8 Å². The summed E-state index contributed by atoms with van der Waals surface area (Å²) in [6, 6.07) is 10.9. The molecule has 0 saturated heterocycles. The Labute approximate surface area is 159 Å². The number of rotatable bonds is 6. The molecule has 0 aliphatic rings. The van der Waals surface area contributed by atoms with Gasteiger partial charge in [-0.3, -0.25) is 9.68 Å². The maximum atomic E-state index is 12.2.